The Bertz CT molecular complexity index is 535. The van der Waals surface area contributed by atoms with Crippen molar-refractivity contribution in [3.63, 3.8) is 0 Å². The molecule has 0 aliphatic carbocycles. The van der Waals surface area contributed by atoms with E-state index in [4.69, 9.17) is 0 Å². The second-order valence-electron chi connectivity index (χ2n) is 4.76. The van der Waals surface area contributed by atoms with Crippen LogP contribution in [-0.4, -0.2) is 19.4 Å². The second kappa shape index (κ2) is 11.3. The Morgan fingerprint density at radius 2 is 1.55 bits per heavy atom. The average molecular weight is 298 g/mol. The number of carbonyl (C=O) groups excluding carboxylic acids is 2. The van der Waals surface area contributed by atoms with Gasteiger partial charge in [-0.05, 0) is 37.0 Å². The molecule has 0 atom stereocenters. The van der Waals surface area contributed by atoms with Crippen molar-refractivity contribution in [2.24, 2.45) is 0 Å². The average Bonchev–Trinajstić information content (AvgIpc) is 2.60. The zero-order valence-corrected chi connectivity index (χ0v) is 12.9. The van der Waals surface area contributed by atoms with Crippen molar-refractivity contribution >= 4 is 12.3 Å². The fraction of sp³-hybridized carbons (Fsp3) is 0.263. The van der Waals surface area contributed by atoms with Gasteiger partial charge in [-0.3, -0.25) is 0 Å². The maximum Gasteiger partial charge on any atom is 0.337 e. The molecule has 2 aromatic carbocycles. The monoisotopic (exact) mass is 298 g/mol. The van der Waals surface area contributed by atoms with Crippen molar-refractivity contribution in [2.45, 2.75) is 25.7 Å². The summed E-state index contributed by atoms with van der Waals surface area (Å²) in [5, 5.41) is 0. The molecule has 0 saturated heterocycles. The highest BCUT2D eigenvalue weighted by Crippen LogP contribution is 2.04. The smallest absolute Gasteiger partial charge is 0.337 e. The van der Waals surface area contributed by atoms with Crippen LogP contribution in [0.4, 0.5) is 0 Å². The van der Waals surface area contributed by atoms with Crippen LogP contribution in [0.25, 0.3) is 0 Å². The number of unbranched alkanes of at least 4 members (excludes halogenated alkanes) is 2. The van der Waals surface area contributed by atoms with E-state index in [0.717, 1.165) is 25.5 Å². The van der Waals surface area contributed by atoms with Gasteiger partial charge in [0.05, 0.1) is 12.7 Å². The molecule has 3 nitrogen and oxygen atoms in total. The summed E-state index contributed by atoms with van der Waals surface area (Å²) in [6.45, 7) is 0. The van der Waals surface area contributed by atoms with Gasteiger partial charge in [0.15, 0.2) is 0 Å². The summed E-state index contributed by atoms with van der Waals surface area (Å²) in [7, 11) is 1.37. The van der Waals surface area contributed by atoms with E-state index in [-0.39, 0.29) is 5.97 Å². The van der Waals surface area contributed by atoms with Crippen LogP contribution in [0.1, 0.15) is 35.2 Å². The van der Waals surface area contributed by atoms with Gasteiger partial charge in [0.1, 0.15) is 6.29 Å². The minimum absolute atomic E-state index is 0.291. The Hall–Kier alpha value is -2.42. The van der Waals surface area contributed by atoms with Crippen LogP contribution in [0.15, 0.2) is 60.7 Å². The highest BCUT2D eigenvalue weighted by atomic mass is 16.5. The van der Waals surface area contributed by atoms with Crippen LogP contribution < -0.4 is 0 Å². The maximum absolute atomic E-state index is 10.8. The van der Waals surface area contributed by atoms with Gasteiger partial charge in [0, 0.05) is 6.42 Å². The molecule has 2 rings (SSSR count). The van der Waals surface area contributed by atoms with E-state index >= 15 is 0 Å². The minimum Gasteiger partial charge on any atom is -0.465 e. The van der Waals surface area contributed by atoms with Gasteiger partial charge >= 0.3 is 5.97 Å². The first-order valence-corrected chi connectivity index (χ1v) is 7.39. The van der Waals surface area contributed by atoms with Crippen LogP contribution in [-0.2, 0) is 16.0 Å². The van der Waals surface area contributed by atoms with Crippen LogP contribution >= 0.6 is 0 Å². The lowest BCUT2D eigenvalue weighted by atomic mass is 10.1. The van der Waals surface area contributed by atoms with Gasteiger partial charge in [-0.25, -0.2) is 4.79 Å². The first-order chi connectivity index (χ1) is 10.8. The second-order valence-corrected chi connectivity index (χ2v) is 4.76. The first-order valence-electron chi connectivity index (χ1n) is 7.39. The van der Waals surface area contributed by atoms with Crippen LogP contribution in [0.5, 0.6) is 0 Å². The quantitative estimate of drug-likeness (QED) is 0.458. The van der Waals surface area contributed by atoms with E-state index in [1.54, 1.807) is 24.3 Å². The van der Waals surface area contributed by atoms with Crippen molar-refractivity contribution in [1.29, 1.82) is 0 Å². The molecule has 0 unspecified atom stereocenters. The molecule has 0 aliphatic heterocycles. The first kappa shape index (κ1) is 17.6. The number of esters is 1. The number of benzene rings is 2. The summed E-state index contributed by atoms with van der Waals surface area (Å²) in [5.74, 6) is -0.291. The summed E-state index contributed by atoms with van der Waals surface area (Å²) in [6, 6.07) is 19.3. The normalized spacial score (nSPS) is 9.32. The molecule has 3 heteroatoms. The zero-order chi connectivity index (χ0) is 16.0. The molecule has 0 amide bonds. The summed E-state index contributed by atoms with van der Waals surface area (Å²) in [5.41, 5.74) is 1.95. The molecule has 22 heavy (non-hydrogen) atoms. The van der Waals surface area contributed by atoms with E-state index in [9.17, 15) is 9.59 Å². The third-order valence-corrected chi connectivity index (χ3v) is 3.08. The fourth-order valence-electron chi connectivity index (χ4n) is 1.89. The van der Waals surface area contributed by atoms with E-state index in [1.165, 1.54) is 12.7 Å². The molecule has 0 saturated carbocycles. The predicted octanol–water partition coefficient (Wildman–Crippen LogP) is 4.07. The van der Waals surface area contributed by atoms with Crippen LogP contribution in [0.2, 0.25) is 0 Å². The summed E-state index contributed by atoms with van der Waals surface area (Å²) in [6.07, 6.45) is 4.91. The lowest BCUT2D eigenvalue weighted by molar-refractivity contribution is -0.107. The highest BCUT2D eigenvalue weighted by molar-refractivity contribution is 5.89. The Labute approximate surface area is 131 Å². The summed E-state index contributed by atoms with van der Waals surface area (Å²) < 4.78 is 4.50. The molecule has 0 radical (unpaired) electrons. The Morgan fingerprint density at radius 3 is 2.09 bits per heavy atom. The lowest BCUT2D eigenvalue weighted by Crippen LogP contribution is -1.99. The number of methoxy groups -OCH3 is 1. The Balaban J connectivity index is 0.000000224. The molecule has 2 aromatic rings. The van der Waals surface area contributed by atoms with Gasteiger partial charge < -0.3 is 9.53 Å². The van der Waals surface area contributed by atoms with Gasteiger partial charge in [0.25, 0.3) is 0 Å². The van der Waals surface area contributed by atoms with Gasteiger partial charge in [0.2, 0.25) is 0 Å². The summed E-state index contributed by atoms with van der Waals surface area (Å²) >= 11 is 0. The minimum atomic E-state index is -0.291. The molecular weight excluding hydrogens is 276 g/mol. The number of ether oxygens (including phenoxy) is 1. The molecular formula is C19H22O3. The molecule has 0 aromatic heterocycles. The third kappa shape index (κ3) is 7.39. The molecule has 0 spiro atoms. The number of hydrogen-bond donors (Lipinski definition) is 0. The topological polar surface area (TPSA) is 43.4 Å². The van der Waals surface area contributed by atoms with Gasteiger partial charge in [-0.2, -0.15) is 0 Å². The highest BCUT2D eigenvalue weighted by Gasteiger charge is 2.00. The van der Waals surface area contributed by atoms with E-state index in [2.05, 4.69) is 29.0 Å². The zero-order valence-electron chi connectivity index (χ0n) is 12.9. The number of aryl methyl sites for hydroxylation is 1. The SMILES string of the molecule is COC(=O)c1ccccc1.O=CCCCCc1ccccc1. The number of aldehydes is 1. The van der Waals surface area contributed by atoms with Crippen molar-refractivity contribution in [3.05, 3.63) is 71.8 Å². The third-order valence-electron chi connectivity index (χ3n) is 3.08. The largest absolute Gasteiger partial charge is 0.465 e. The van der Waals surface area contributed by atoms with Crippen molar-refractivity contribution < 1.29 is 14.3 Å². The molecule has 0 bridgehead atoms. The molecule has 0 heterocycles. The molecule has 116 valence electrons. The standard InChI is InChI=1S/C11H14O.C8H8O2/c12-10-6-2-5-9-11-7-3-1-4-8-11;1-10-8(9)7-5-3-2-4-6-7/h1,3-4,7-8,10H,2,5-6,9H2;2-6H,1H3. The van der Waals surface area contributed by atoms with Gasteiger partial charge in [-0.15, -0.1) is 0 Å². The summed E-state index contributed by atoms with van der Waals surface area (Å²) in [4.78, 5) is 20.8. The molecule has 0 aliphatic rings. The fourth-order valence-corrected chi connectivity index (χ4v) is 1.89. The predicted molar refractivity (Wildman–Crippen MR) is 87.8 cm³/mol. The van der Waals surface area contributed by atoms with Crippen LogP contribution in [0, 0.1) is 0 Å². The van der Waals surface area contributed by atoms with Crippen molar-refractivity contribution in [1.82, 2.24) is 0 Å². The number of hydrogen-bond acceptors (Lipinski definition) is 3. The van der Waals surface area contributed by atoms with Crippen LogP contribution in [0.3, 0.4) is 0 Å². The Kier molecular flexibility index (Phi) is 9.03. The van der Waals surface area contributed by atoms with E-state index in [1.807, 2.05) is 12.1 Å². The van der Waals surface area contributed by atoms with Gasteiger partial charge in [-0.1, -0.05) is 48.5 Å². The van der Waals surface area contributed by atoms with E-state index < -0.39 is 0 Å². The Morgan fingerprint density at radius 1 is 0.955 bits per heavy atom. The number of rotatable bonds is 6. The van der Waals surface area contributed by atoms with Crippen molar-refractivity contribution in [2.75, 3.05) is 7.11 Å². The number of carbonyl (C=O) groups is 2. The lowest BCUT2D eigenvalue weighted by Gasteiger charge is -1.97. The van der Waals surface area contributed by atoms with Crippen molar-refractivity contribution in [3.8, 4) is 0 Å². The molecule has 0 N–H and O–H groups in total. The van der Waals surface area contributed by atoms with E-state index in [0.29, 0.717) is 12.0 Å². The maximum atomic E-state index is 10.8. The molecule has 0 fully saturated rings.